The Kier molecular flexibility index (Phi) is 2.36. The minimum Gasteiger partial charge on any atom is -0.381 e. The third-order valence-corrected chi connectivity index (χ3v) is 2.30. The lowest BCUT2D eigenvalue weighted by atomic mass is 10.3. The maximum atomic E-state index is 5.68. The van der Waals surface area contributed by atoms with Gasteiger partial charge in [0.15, 0.2) is 5.82 Å². The lowest BCUT2D eigenvalue weighted by Crippen LogP contribution is -2.11. The number of anilines is 1. The largest absolute Gasteiger partial charge is 0.381 e. The predicted molar refractivity (Wildman–Crippen MR) is 53.9 cm³/mol. The Hall–Kier alpha value is -1.92. The lowest BCUT2D eigenvalue weighted by Gasteiger charge is -2.03. The number of nitrogen functional groups attached to an aromatic ring is 1. The highest BCUT2D eigenvalue weighted by atomic mass is 15.5. The van der Waals surface area contributed by atoms with Crippen LogP contribution in [0, 0.1) is 0 Å². The Morgan fingerprint density at radius 2 is 2.27 bits per heavy atom. The van der Waals surface area contributed by atoms with E-state index in [2.05, 4.69) is 20.4 Å². The fourth-order valence-corrected chi connectivity index (χ4v) is 1.43. The molecule has 7 heteroatoms. The fourth-order valence-electron chi connectivity index (χ4n) is 1.43. The van der Waals surface area contributed by atoms with Crippen LogP contribution >= 0.6 is 0 Å². The molecular weight excluding hydrogens is 194 g/mol. The van der Waals surface area contributed by atoms with Crippen LogP contribution in [0.5, 0.6) is 0 Å². The van der Waals surface area contributed by atoms with E-state index in [0.717, 1.165) is 17.9 Å². The average Bonchev–Trinajstić information content (AvgIpc) is 2.76. The Morgan fingerprint density at radius 3 is 2.87 bits per heavy atom. The molecule has 2 aromatic heterocycles. The molecule has 0 aliphatic rings. The van der Waals surface area contributed by atoms with E-state index in [9.17, 15) is 0 Å². The molecule has 0 aromatic carbocycles. The number of hydrogen-bond donors (Lipinski definition) is 1. The van der Waals surface area contributed by atoms with E-state index in [-0.39, 0.29) is 0 Å². The third-order valence-electron chi connectivity index (χ3n) is 2.30. The van der Waals surface area contributed by atoms with E-state index in [0.29, 0.717) is 12.4 Å². The van der Waals surface area contributed by atoms with Crippen LogP contribution in [0.25, 0.3) is 0 Å². The zero-order valence-electron chi connectivity index (χ0n) is 8.75. The molecule has 0 aliphatic carbocycles. The summed E-state index contributed by atoms with van der Waals surface area (Å²) in [5, 5.41) is 11.8. The standard InChI is InChI=1S/C8H13N7/c1-3-6-8(9)12-13-15(6)4-7-10-5-11-14(7)2/h5H,3-4,9H2,1-2H3. The first-order chi connectivity index (χ1) is 7.22. The molecule has 0 bridgehead atoms. The normalized spacial score (nSPS) is 10.8. The average molecular weight is 207 g/mol. The van der Waals surface area contributed by atoms with Gasteiger partial charge in [0.2, 0.25) is 0 Å². The summed E-state index contributed by atoms with van der Waals surface area (Å²) in [5.74, 6) is 1.31. The molecule has 0 unspecified atom stereocenters. The van der Waals surface area contributed by atoms with Crippen LogP contribution in [0.2, 0.25) is 0 Å². The van der Waals surface area contributed by atoms with Crippen molar-refractivity contribution in [2.45, 2.75) is 19.9 Å². The van der Waals surface area contributed by atoms with Gasteiger partial charge in [-0.1, -0.05) is 12.1 Å². The van der Waals surface area contributed by atoms with Crippen LogP contribution in [0.4, 0.5) is 5.82 Å². The molecule has 0 saturated carbocycles. The molecule has 0 aliphatic heterocycles. The number of aromatic nitrogens is 6. The molecular formula is C8H13N7. The van der Waals surface area contributed by atoms with Crippen molar-refractivity contribution >= 4 is 5.82 Å². The van der Waals surface area contributed by atoms with Gasteiger partial charge in [-0.2, -0.15) is 5.10 Å². The molecule has 2 N–H and O–H groups in total. The maximum Gasteiger partial charge on any atom is 0.169 e. The van der Waals surface area contributed by atoms with Gasteiger partial charge >= 0.3 is 0 Å². The van der Waals surface area contributed by atoms with Gasteiger partial charge in [0.25, 0.3) is 0 Å². The predicted octanol–water partition coefficient (Wildman–Crippen LogP) is -0.401. The van der Waals surface area contributed by atoms with Crippen molar-refractivity contribution in [3.8, 4) is 0 Å². The fraction of sp³-hybridized carbons (Fsp3) is 0.500. The first-order valence-electron chi connectivity index (χ1n) is 4.73. The summed E-state index contributed by atoms with van der Waals surface area (Å²) in [6.45, 7) is 2.56. The number of aryl methyl sites for hydroxylation is 1. The van der Waals surface area contributed by atoms with E-state index in [4.69, 9.17) is 5.73 Å². The van der Waals surface area contributed by atoms with Gasteiger partial charge in [-0.25, -0.2) is 9.67 Å². The first-order valence-corrected chi connectivity index (χ1v) is 4.73. The van der Waals surface area contributed by atoms with Crippen molar-refractivity contribution in [2.24, 2.45) is 7.05 Å². The summed E-state index contributed by atoms with van der Waals surface area (Å²) in [6, 6.07) is 0. The van der Waals surface area contributed by atoms with Crippen LogP contribution in [0.1, 0.15) is 18.4 Å². The molecule has 2 aromatic rings. The van der Waals surface area contributed by atoms with E-state index in [1.165, 1.54) is 6.33 Å². The van der Waals surface area contributed by atoms with E-state index >= 15 is 0 Å². The third kappa shape index (κ3) is 1.67. The summed E-state index contributed by atoms with van der Waals surface area (Å²) < 4.78 is 3.46. The van der Waals surface area contributed by atoms with Gasteiger partial charge in [-0.3, -0.25) is 4.68 Å². The highest BCUT2D eigenvalue weighted by Crippen LogP contribution is 2.09. The van der Waals surface area contributed by atoms with Gasteiger partial charge in [0, 0.05) is 7.05 Å². The van der Waals surface area contributed by atoms with Crippen molar-refractivity contribution in [1.29, 1.82) is 0 Å². The van der Waals surface area contributed by atoms with Gasteiger partial charge in [-0.05, 0) is 6.42 Å². The molecule has 7 nitrogen and oxygen atoms in total. The maximum absolute atomic E-state index is 5.68. The first kappa shape index (κ1) is 9.63. The van der Waals surface area contributed by atoms with Crippen LogP contribution in [-0.2, 0) is 20.0 Å². The van der Waals surface area contributed by atoms with E-state index in [1.54, 1.807) is 9.36 Å². The summed E-state index contributed by atoms with van der Waals surface area (Å²) in [7, 11) is 1.84. The molecule has 0 saturated heterocycles. The quantitative estimate of drug-likeness (QED) is 0.739. The lowest BCUT2D eigenvalue weighted by molar-refractivity contribution is 0.571. The molecule has 0 radical (unpaired) electrons. The van der Waals surface area contributed by atoms with Crippen molar-refractivity contribution in [2.75, 3.05) is 5.73 Å². The Morgan fingerprint density at radius 1 is 1.47 bits per heavy atom. The minimum atomic E-state index is 0.486. The van der Waals surface area contributed by atoms with Crippen LogP contribution in [0.3, 0.4) is 0 Å². The van der Waals surface area contributed by atoms with Crippen LogP contribution in [-0.4, -0.2) is 29.8 Å². The molecule has 0 fully saturated rings. The summed E-state index contributed by atoms with van der Waals surface area (Å²) in [4.78, 5) is 4.12. The zero-order valence-corrected chi connectivity index (χ0v) is 8.75. The highest BCUT2D eigenvalue weighted by molar-refractivity contribution is 5.32. The smallest absolute Gasteiger partial charge is 0.169 e. The number of rotatable bonds is 3. The second-order valence-electron chi connectivity index (χ2n) is 3.23. The number of hydrogen-bond acceptors (Lipinski definition) is 5. The van der Waals surface area contributed by atoms with Gasteiger partial charge in [-0.15, -0.1) is 5.10 Å². The monoisotopic (exact) mass is 207 g/mol. The van der Waals surface area contributed by atoms with Gasteiger partial charge in [0.1, 0.15) is 18.7 Å². The molecule has 0 spiro atoms. The zero-order chi connectivity index (χ0) is 10.8. The van der Waals surface area contributed by atoms with Crippen molar-refractivity contribution in [3.05, 3.63) is 17.8 Å². The van der Waals surface area contributed by atoms with Gasteiger partial charge in [0.05, 0.1) is 5.69 Å². The number of nitrogens with two attached hydrogens (primary N) is 1. The number of nitrogens with zero attached hydrogens (tertiary/aromatic N) is 6. The molecule has 0 amide bonds. The van der Waals surface area contributed by atoms with Crippen molar-refractivity contribution in [3.63, 3.8) is 0 Å². The highest BCUT2D eigenvalue weighted by Gasteiger charge is 2.10. The summed E-state index contributed by atoms with van der Waals surface area (Å²) in [5.41, 5.74) is 6.61. The van der Waals surface area contributed by atoms with E-state index < -0.39 is 0 Å². The SMILES string of the molecule is CCc1c(N)nnn1Cc1ncnn1C. The Labute approximate surface area is 86.9 Å². The molecule has 0 atom stereocenters. The Balaban J connectivity index is 2.28. The Bertz CT molecular complexity index is 455. The molecule has 80 valence electrons. The minimum absolute atomic E-state index is 0.486. The molecule has 15 heavy (non-hydrogen) atoms. The van der Waals surface area contributed by atoms with E-state index in [1.807, 2.05) is 14.0 Å². The second-order valence-corrected chi connectivity index (χ2v) is 3.23. The van der Waals surface area contributed by atoms with Crippen LogP contribution in [0.15, 0.2) is 6.33 Å². The summed E-state index contributed by atoms with van der Waals surface area (Å²) in [6.07, 6.45) is 2.32. The van der Waals surface area contributed by atoms with Crippen LogP contribution < -0.4 is 5.73 Å². The van der Waals surface area contributed by atoms with Crippen molar-refractivity contribution < 1.29 is 0 Å². The second kappa shape index (κ2) is 3.68. The molecule has 2 rings (SSSR count). The van der Waals surface area contributed by atoms with Crippen molar-refractivity contribution in [1.82, 2.24) is 29.8 Å². The molecule has 2 heterocycles. The van der Waals surface area contributed by atoms with Gasteiger partial charge < -0.3 is 5.73 Å². The summed E-state index contributed by atoms with van der Waals surface area (Å²) >= 11 is 0. The topological polar surface area (TPSA) is 87.4 Å².